The van der Waals surface area contributed by atoms with Crippen LogP contribution in [0.25, 0.3) is 0 Å². The molecule has 0 amide bonds. The molecule has 204 valence electrons. The molecule has 0 bridgehead atoms. The van der Waals surface area contributed by atoms with Crippen LogP contribution >= 0.6 is 0 Å². The van der Waals surface area contributed by atoms with Gasteiger partial charge in [-0.05, 0) is 25.7 Å². The molecule has 0 saturated carbocycles. The molecule has 9 heteroatoms. The van der Waals surface area contributed by atoms with E-state index >= 15 is 0 Å². The van der Waals surface area contributed by atoms with Crippen molar-refractivity contribution in [3.63, 3.8) is 0 Å². The first-order chi connectivity index (χ1) is 16.1. The van der Waals surface area contributed by atoms with Gasteiger partial charge in [-0.25, -0.2) is 0 Å². The number of aliphatic carboxylic acids is 3. The zero-order valence-electron chi connectivity index (χ0n) is 21.3. The molecular weight excluding hydrogens is 444 g/mol. The Bertz CT molecular complexity index is 441. The van der Waals surface area contributed by atoms with Crippen molar-refractivity contribution in [2.45, 2.75) is 117 Å². The summed E-state index contributed by atoms with van der Waals surface area (Å²) in [6.07, 6.45) is 13.8. The summed E-state index contributed by atoms with van der Waals surface area (Å²) >= 11 is 0. The van der Waals surface area contributed by atoms with E-state index < -0.39 is 23.3 Å². The zero-order chi connectivity index (χ0) is 26.7. The third kappa shape index (κ3) is 30.3. The number of carboxylic acids is 3. The fraction of sp³-hybridized carbons (Fsp3) is 0.880. The molecule has 0 atom stereocenters. The fourth-order valence-corrected chi connectivity index (χ4v) is 2.80. The third-order valence-electron chi connectivity index (χ3n) is 5.53. The van der Waals surface area contributed by atoms with Crippen LogP contribution in [0.5, 0.6) is 0 Å². The van der Waals surface area contributed by atoms with Gasteiger partial charge in [-0.15, -0.1) is 0 Å². The van der Waals surface area contributed by atoms with Crippen LogP contribution in [0.1, 0.15) is 117 Å². The molecular formula is C25H50O9. The number of hydrogen-bond donors (Lipinski definition) is 6. The molecule has 0 heterocycles. The van der Waals surface area contributed by atoms with Gasteiger partial charge in [-0.3, -0.25) is 14.4 Å². The highest BCUT2D eigenvalue weighted by atomic mass is 16.4. The first-order valence-corrected chi connectivity index (χ1v) is 12.6. The molecule has 0 aromatic rings. The van der Waals surface area contributed by atoms with Gasteiger partial charge in [0.15, 0.2) is 0 Å². The SMILES string of the molecule is CCC(CO)(CO)CO.CCCCCCCCCC(=O)O.O=C(O)CCCCCCCC(=O)O. The van der Waals surface area contributed by atoms with Crippen LogP contribution in [0.3, 0.4) is 0 Å². The van der Waals surface area contributed by atoms with Crippen molar-refractivity contribution in [1.82, 2.24) is 0 Å². The monoisotopic (exact) mass is 494 g/mol. The highest BCUT2D eigenvalue weighted by Gasteiger charge is 2.24. The van der Waals surface area contributed by atoms with E-state index in [4.69, 9.17) is 30.6 Å². The number of aliphatic hydroxyl groups is 3. The predicted molar refractivity (Wildman–Crippen MR) is 132 cm³/mol. The Morgan fingerprint density at radius 2 is 0.765 bits per heavy atom. The summed E-state index contributed by atoms with van der Waals surface area (Å²) in [6.45, 7) is 3.55. The van der Waals surface area contributed by atoms with Gasteiger partial charge in [-0.1, -0.05) is 71.6 Å². The maximum atomic E-state index is 10.1. The quantitative estimate of drug-likeness (QED) is 0.134. The molecule has 0 aromatic carbocycles. The lowest BCUT2D eigenvalue weighted by molar-refractivity contribution is -0.138. The number of unbranched alkanes of at least 4 members (excludes halogenated alkanes) is 10. The molecule has 0 aliphatic carbocycles. The molecule has 0 rings (SSSR count). The Kier molecular flexibility index (Phi) is 29.8. The molecule has 0 spiro atoms. The standard InChI is InChI=1S/C10H20O2.C9H16O4.C6H14O3/c1-2-3-4-5-6-7-8-9-10(11)12;10-8(11)6-4-2-1-3-5-7-9(12)13;1-2-6(3-7,4-8)5-9/h2-9H2,1H3,(H,11,12);1-7H2,(H,10,11)(H,12,13);7-9H,2-5H2,1H3. The van der Waals surface area contributed by atoms with Crippen molar-refractivity contribution in [1.29, 1.82) is 0 Å². The second-order valence-corrected chi connectivity index (χ2v) is 8.65. The van der Waals surface area contributed by atoms with Crippen molar-refractivity contribution >= 4 is 17.9 Å². The molecule has 0 saturated heterocycles. The lowest BCUT2D eigenvalue weighted by Crippen LogP contribution is -2.32. The molecule has 9 nitrogen and oxygen atoms in total. The Balaban J connectivity index is -0.000000431. The van der Waals surface area contributed by atoms with Crippen molar-refractivity contribution < 1.29 is 45.0 Å². The van der Waals surface area contributed by atoms with Crippen LogP contribution < -0.4 is 0 Å². The topological polar surface area (TPSA) is 173 Å². The minimum atomic E-state index is -0.759. The molecule has 0 aliphatic heterocycles. The summed E-state index contributed by atoms with van der Waals surface area (Å²) in [7, 11) is 0. The van der Waals surface area contributed by atoms with Crippen molar-refractivity contribution in [3.8, 4) is 0 Å². The average molecular weight is 495 g/mol. The van der Waals surface area contributed by atoms with E-state index in [2.05, 4.69) is 6.92 Å². The maximum absolute atomic E-state index is 10.1. The summed E-state index contributed by atoms with van der Waals surface area (Å²) in [6, 6.07) is 0. The minimum Gasteiger partial charge on any atom is -0.481 e. The number of carbonyl (C=O) groups is 3. The number of rotatable bonds is 20. The predicted octanol–water partition coefficient (Wildman–Crippen LogP) is 4.46. The smallest absolute Gasteiger partial charge is 0.303 e. The van der Waals surface area contributed by atoms with Crippen LogP contribution in [0.2, 0.25) is 0 Å². The van der Waals surface area contributed by atoms with E-state index in [-0.39, 0.29) is 32.7 Å². The van der Waals surface area contributed by atoms with Crippen LogP contribution in [-0.4, -0.2) is 68.4 Å². The Morgan fingerprint density at radius 1 is 0.500 bits per heavy atom. The molecule has 34 heavy (non-hydrogen) atoms. The van der Waals surface area contributed by atoms with Gasteiger partial charge < -0.3 is 30.6 Å². The fourth-order valence-electron chi connectivity index (χ4n) is 2.80. The summed E-state index contributed by atoms with van der Waals surface area (Å²) in [4.78, 5) is 30.3. The summed E-state index contributed by atoms with van der Waals surface area (Å²) in [5.41, 5.74) is -0.667. The molecule has 0 unspecified atom stereocenters. The lowest BCUT2D eigenvalue weighted by Gasteiger charge is -2.24. The van der Waals surface area contributed by atoms with E-state index in [0.29, 0.717) is 25.7 Å². The Labute approximate surface area is 205 Å². The first kappa shape index (κ1) is 36.9. The van der Waals surface area contributed by atoms with E-state index in [1.807, 2.05) is 6.92 Å². The molecule has 6 N–H and O–H groups in total. The highest BCUT2D eigenvalue weighted by Crippen LogP contribution is 2.18. The van der Waals surface area contributed by atoms with Gasteiger partial charge in [0.1, 0.15) is 0 Å². The summed E-state index contributed by atoms with van der Waals surface area (Å²) in [5, 5.41) is 50.9. The first-order valence-electron chi connectivity index (χ1n) is 12.6. The minimum absolute atomic E-state index is 0.156. The van der Waals surface area contributed by atoms with Gasteiger partial charge in [0, 0.05) is 24.7 Å². The van der Waals surface area contributed by atoms with Crippen molar-refractivity contribution in [2.75, 3.05) is 19.8 Å². The second kappa shape index (κ2) is 27.5. The summed E-state index contributed by atoms with van der Waals surface area (Å²) in [5.74, 6) is -2.18. The van der Waals surface area contributed by atoms with Gasteiger partial charge in [0.05, 0.1) is 19.8 Å². The molecule has 0 aliphatic rings. The Hall–Kier alpha value is -1.71. The Morgan fingerprint density at radius 3 is 0.941 bits per heavy atom. The number of carboxylic acid groups (broad SMARTS) is 3. The second-order valence-electron chi connectivity index (χ2n) is 8.65. The molecule has 0 aromatic heterocycles. The van der Waals surface area contributed by atoms with Gasteiger partial charge in [0.2, 0.25) is 0 Å². The zero-order valence-corrected chi connectivity index (χ0v) is 21.3. The largest absolute Gasteiger partial charge is 0.481 e. The molecule has 0 radical (unpaired) electrons. The summed E-state index contributed by atoms with van der Waals surface area (Å²) < 4.78 is 0. The van der Waals surface area contributed by atoms with E-state index in [1.54, 1.807) is 0 Å². The lowest BCUT2D eigenvalue weighted by atomic mass is 9.88. The third-order valence-corrected chi connectivity index (χ3v) is 5.53. The van der Waals surface area contributed by atoms with Crippen molar-refractivity contribution in [2.24, 2.45) is 5.41 Å². The van der Waals surface area contributed by atoms with Crippen LogP contribution in [0.15, 0.2) is 0 Å². The van der Waals surface area contributed by atoms with E-state index in [1.165, 1.54) is 32.1 Å². The number of hydrogen-bond acceptors (Lipinski definition) is 6. The van der Waals surface area contributed by atoms with Crippen LogP contribution in [0, 0.1) is 5.41 Å². The van der Waals surface area contributed by atoms with Crippen molar-refractivity contribution in [3.05, 3.63) is 0 Å². The average Bonchev–Trinajstić information content (AvgIpc) is 2.80. The van der Waals surface area contributed by atoms with E-state index in [0.717, 1.165) is 32.1 Å². The van der Waals surface area contributed by atoms with Gasteiger partial charge in [0.25, 0.3) is 0 Å². The van der Waals surface area contributed by atoms with Crippen LogP contribution in [0.4, 0.5) is 0 Å². The molecule has 0 fully saturated rings. The number of aliphatic hydroxyl groups excluding tert-OH is 3. The van der Waals surface area contributed by atoms with Gasteiger partial charge >= 0.3 is 17.9 Å². The van der Waals surface area contributed by atoms with E-state index in [9.17, 15) is 14.4 Å². The maximum Gasteiger partial charge on any atom is 0.303 e. The normalized spacial score (nSPS) is 10.5. The van der Waals surface area contributed by atoms with Gasteiger partial charge in [-0.2, -0.15) is 0 Å². The highest BCUT2D eigenvalue weighted by molar-refractivity contribution is 5.67. The van der Waals surface area contributed by atoms with Crippen LogP contribution in [-0.2, 0) is 14.4 Å².